The van der Waals surface area contributed by atoms with Gasteiger partial charge in [0.25, 0.3) is 0 Å². The number of carbonyl (C=O) groups excluding carboxylic acids is 1. The number of halogens is 10. The van der Waals surface area contributed by atoms with Gasteiger partial charge in [0.05, 0.1) is 29.8 Å². The van der Waals surface area contributed by atoms with Gasteiger partial charge in [-0.1, -0.05) is 25.4 Å². The van der Waals surface area contributed by atoms with Gasteiger partial charge in [-0.3, -0.25) is 4.90 Å². The molecule has 15 heteroatoms. The minimum absolute atomic E-state index is 0.0407. The highest BCUT2D eigenvalue weighted by Gasteiger charge is 2.37. The van der Waals surface area contributed by atoms with E-state index in [0.29, 0.717) is 43.8 Å². The zero-order valence-electron chi connectivity index (χ0n) is 21.5. The van der Waals surface area contributed by atoms with Crippen LogP contribution in [0.1, 0.15) is 48.9 Å². The molecule has 0 unspecified atom stereocenters. The molecule has 224 valence electrons. The standard InChI is InChI=1S/C25H26ClF9N2O3/c1-4-6-36(7-5-2)20-12-19(26)21(40-25(33,34)35)10-16(20)14-37(22(38)39-3)13-15-8-17(23(27,28)29)11-18(9-15)24(30,31)32/h8-12H,4-7,13-14H2,1-3H3. The molecule has 40 heavy (non-hydrogen) atoms. The number of hydrogen-bond donors (Lipinski definition) is 0. The van der Waals surface area contributed by atoms with Crippen molar-refractivity contribution in [2.45, 2.75) is 58.5 Å². The lowest BCUT2D eigenvalue weighted by molar-refractivity contribution is -0.274. The van der Waals surface area contributed by atoms with Crippen molar-refractivity contribution in [1.29, 1.82) is 0 Å². The van der Waals surface area contributed by atoms with Crippen molar-refractivity contribution in [3.63, 3.8) is 0 Å². The molecule has 0 aliphatic rings. The van der Waals surface area contributed by atoms with Crippen LogP contribution in [0.3, 0.4) is 0 Å². The van der Waals surface area contributed by atoms with Crippen molar-refractivity contribution in [1.82, 2.24) is 4.90 Å². The first-order valence-corrected chi connectivity index (χ1v) is 12.2. The van der Waals surface area contributed by atoms with Gasteiger partial charge in [-0.2, -0.15) is 26.3 Å². The number of carbonyl (C=O) groups is 1. The zero-order valence-corrected chi connectivity index (χ0v) is 22.3. The van der Waals surface area contributed by atoms with Crippen LogP contribution in [0.15, 0.2) is 30.3 Å². The predicted octanol–water partition coefficient (Wildman–Crippen LogP) is 8.67. The van der Waals surface area contributed by atoms with E-state index in [-0.39, 0.29) is 11.6 Å². The Balaban J connectivity index is 2.66. The lowest BCUT2D eigenvalue weighted by Crippen LogP contribution is -2.32. The number of hydrogen-bond acceptors (Lipinski definition) is 4. The summed E-state index contributed by atoms with van der Waals surface area (Å²) in [4.78, 5) is 15.1. The second kappa shape index (κ2) is 13.1. The van der Waals surface area contributed by atoms with Crippen molar-refractivity contribution in [3.8, 4) is 5.75 Å². The molecule has 0 aliphatic heterocycles. The number of amides is 1. The van der Waals surface area contributed by atoms with E-state index in [9.17, 15) is 44.3 Å². The van der Waals surface area contributed by atoms with Crippen LogP contribution >= 0.6 is 11.6 Å². The fourth-order valence-corrected chi connectivity index (χ4v) is 4.15. The Kier molecular flexibility index (Phi) is 10.9. The van der Waals surface area contributed by atoms with Crippen molar-refractivity contribution in [3.05, 3.63) is 57.6 Å². The average molecular weight is 609 g/mol. The Morgan fingerprint density at radius 1 is 0.825 bits per heavy atom. The second-order valence-corrected chi connectivity index (χ2v) is 9.09. The third-order valence-electron chi connectivity index (χ3n) is 5.50. The Morgan fingerprint density at radius 2 is 1.35 bits per heavy atom. The molecule has 0 atom stereocenters. The monoisotopic (exact) mass is 608 g/mol. The van der Waals surface area contributed by atoms with Gasteiger partial charge in [0.1, 0.15) is 5.75 Å². The number of methoxy groups -OCH3 is 1. The largest absolute Gasteiger partial charge is 0.573 e. The molecule has 0 heterocycles. The lowest BCUT2D eigenvalue weighted by atomic mass is 10.0. The molecule has 0 bridgehead atoms. The van der Waals surface area contributed by atoms with Gasteiger partial charge in [0, 0.05) is 25.3 Å². The fraction of sp³-hybridized carbons (Fsp3) is 0.480. The molecule has 0 fully saturated rings. The third-order valence-corrected chi connectivity index (χ3v) is 5.80. The molecule has 0 N–H and O–H groups in total. The predicted molar refractivity (Wildman–Crippen MR) is 129 cm³/mol. The van der Waals surface area contributed by atoms with Crippen LogP contribution in [0.2, 0.25) is 5.02 Å². The Hall–Kier alpha value is -3.03. The highest BCUT2D eigenvalue weighted by atomic mass is 35.5. The summed E-state index contributed by atoms with van der Waals surface area (Å²) in [5.41, 5.74) is -3.37. The average Bonchev–Trinajstić information content (AvgIpc) is 2.82. The summed E-state index contributed by atoms with van der Waals surface area (Å²) in [6.45, 7) is 3.19. The van der Waals surface area contributed by atoms with Crippen molar-refractivity contribution < 1.29 is 53.8 Å². The quantitative estimate of drug-likeness (QED) is 0.253. The van der Waals surface area contributed by atoms with E-state index in [1.165, 1.54) is 6.07 Å². The van der Waals surface area contributed by atoms with Gasteiger partial charge in [-0.05, 0) is 54.3 Å². The molecular weight excluding hydrogens is 583 g/mol. The number of benzene rings is 2. The van der Waals surface area contributed by atoms with E-state index >= 15 is 0 Å². The molecule has 2 aromatic rings. The third kappa shape index (κ3) is 9.27. The summed E-state index contributed by atoms with van der Waals surface area (Å²) in [6.07, 6.45) is -15.3. The van der Waals surface area contributed by atoms with E-state index in [0.717, 1.165) is 18.1 Å². The van der Waals surface area contributed by atoms with E-state index in [1.807, 2.05) is 13.8 Å². The van der Waals surface area contributed by atoms with E-state index < -0.39 is 65.4 Å². The topological polar surface area (TPSA) is 42.0 Å². The number of alkyl halides is 9. The highest BCUT2D eigenvalue weighted by molar-refractivity contribution is 6.32. The van der Waals surface area contributed by atoms with Crippen LogP contribution in [0.5, 0.6) is 5.75 Å². The first kappa shape index (κ1) is 33.2. The lowest BCUT2D eigenvalue weighted by Gasteiger charge is -2.30. The summed E-state index contributed by atoms with van der Waals surface area (Å²) < 4.78 is 128. The van der Waals surface area contributed by atoms with Gasteiger partial charge in [0.15, 0.2) is 0 Å². The number of ether oxygens (including phenoxy) is 2. The van der Waals surface area contributed by atoms with Crippen LogP contribution in [-0.4, -0.2) is 37.6 Å². The van der Waals surface area contributed by atoms with Gasteiger partial charge < -0.3 is 14.4 Å². The molecule has 2 aromatic carbocycles. The zero-order chi connectivity index (χ0) is 30.5. The summed E-state index contributed by atoms with van der Waals surface area (Å²) in [5.74, 6) is -0.802. The van der Waals surface area contributed by atoms with E-state index in [2.05, 4.69) is 9.47 Å². The molecule has 1 amide bonds. The Bertz CT molecular complexity index is 1130. The smallest absolute Gasteiger partial charge is 0.453 e. The Labute approximate surface area is 229 Å². The summed E-state index contributed by atoms with van der Waals surface area (Å²) in [6, 6.07) is 2.97. The minimum Gasteiger partial charge on any atom is -0.453 e. The highest BCUT2D eigenvalue weighted by Crippen LogP contribution is 2.39. The molecule has 5 nitrogen and oxygen atoms in total. The van der Waals surface area contributed by atoms with Gasteiger partial charge in [-0.25, -0.2) is 4.79 Å². The van der Waals surface area contributed by atoms with Gasteiger partial charge >= 0.3 is 24.8 Å². The molecule has 0 aliphatic carbocycles. The molecule has 2 rings (SSSR count). The molecule has 0 spiro atoms. The summed E-state index contributed by atoms with van der Waals surface area (Å²) in [5, 5.41) is -0.398. The molecule has 0 radical (unpaired) electrons. The minimum atomic E-state index is -5.12. The maximum absolute atomic E-state index is 13.4. The second-order valence-electron chi connectivity index (χ2n) is 8.69. The normalized spacial score (nSPS) is 12.3. The van der Waals surface area contributed by atoms with Crippen LogP contribution in [-0.2, 0) is 30.2 Å². The number of rotatable bonds is 10. The molecule has 0 saturated carbocycles. The number of anilines is 1. The van der Waals surface area contributed by atoms with Gasteiger partial charge in [-0.15, -0.1) is 13.2 Å². The SMILES string of the molecule is CCCN(CCC)c1cc(Cl)c(OC(F)(F)F)cc1CN(Cc1cc(C(F)(F)F)cc(C(F)(F)F)c1)C(=O)OC. The first-order valence-electron chi connectivity index (χ1n) is 11.8. The van der Waals surface area contributed by atoms with Crippen molar-refractivity contribution >= 4 is 23.4 Å². The van der Waals surface area contributed by atoms with Crippen molar-refractivity contribution in [2.75, 3.05) is 25.1 Å². The fourth-order valence-electron chi connectivity index (χ4n) is 3.95. The summed E-state index contributed by atoms with van der Waals surface area (Å²) >= 11 is 6.06. The Morgan fingerprint density at radius 3 is 1.77 bits per heavy atom. The van der Waals surface area contributed by atoms with Crippen LogP contribution < -0.4 is 9.64 Å². The van der Waals surface area contributed by atoms with Crippen LogP contribution in [0.25, 0.3) is 0 Å². The van der Waals surface area contributed by atoms with Gasteiger partial charge in [0.2, 0.25) is 0 Å². The molecule has 0 aromatic heterocycles. The molecule has 0 saturated heterocycles. The van der Waals surface area contributed by atoms with E-state index in [1.54, 1.807) is 4.90 Å². The number of nitrogens with zero attached hydrogens (tertiary/aromatic N) is 2. The molecular formula is C25H26ClF9N2O3. The van der Waals surface area contributed by atoms with Crippen molar-refractivity contribution in [2.24, 2.45) is 0 Å². The summed E-state index contributed by atoms with van der Waals surface area (Å²) in [7, 11) is 0.935. The van der Waals surface area contributed by atoms with E-state index in [4.69, 9.17) is 11.6 Å². The maximum Gasteiger partial charge on any atom is 0.573 e. The van der Waals surface area contributed by atoms with Crippen LogP contribution in [0.4, 0.5) is 50.0 Å². The first-order chi connectivity index (χ1) is 18.4. The maximum atomic E-state index is 13.4. The van der Waals surface area contributed by atoms with Crippen LogP contribution in [0, 0.1) is 0 Å².